The summed E-state index contributed by atoms with van der Waals surface area (Å²) in [6.07, 6.45) is 11.2. The van der Waals surface area contributed by atoms with E-state index in [9.17, 15) is 4.39 Å². The first-order chi connectivity index (χ1) is 16.5. The lowest BCUT2D eigenvalue weighted by atomic mass is 9.97. The highest BCUT2D eigenvalue weighted by atomic mass is 19.1. The van der Waals surface area contributed by atoms with Gasteiger partial charge in [0.2, 0.25) is 0 Å². The van der Waals surface area contributed by atoms with Gasteiger partial charge in [0, 0.05) is 22.2 Å². The van der Waals surface area contributed by atoms with Crippen LogP contribution >= 0.6 is 0 Å². The van der Waals surface area contributed by atoms with E-state index in [1.54, 1.807) is 24.4 Å². The molecule has 170 valence electrons. The smallest absolute Gasteiger partial charge is 0.131 e. The number of halogens is 1. The van der Waals surface area contributed by atoms with Crippen LogP contribution in [0.25, 0.3) is 33.4 Å². The Balaban J connectivity index is 1.83. The molecule has 0 saturated heterocycles. The number of H-pyrrole nitrogens is 2. The van der Waals surface area contributed by atoms with Gasteiger partial charge in [-0.2, -0.15) is 5.10 Å². The van der Waals surface area contributed by atoms with Crippen molar-refractivity contribution in [3.8, 4) is 11.4 Å². The van der Waals surface area contributed by atoms with E-state index >= 15 is 0 Å². The predicted molar refractivity (Wildman–Crippen MR) is 140 cm³/mol. The number of nitrogens with zero attached hydrogens (tertiary/aromatic N) is 2. The minimum absolute atomic E-state index is 0.277. The molecular weight excluding hydrogens is 423 g/mol. The quantitative estimate of drug-likeness (QED) is 0.286. The zero-order valence-electron chi connectivity index (χ0n) is 19.6. The van der Waals surface area contributed by atoms with Gasteiger partial charge in [-0.3, -0.25) is 10.1 Å². The van der Waals surface area contributed by atoms with Gasteiger partial charge in [-0.05, 0) is 50.1 Å². The molecule has 0 bridgehead atoms. The van der Waals surface area contributed by atoms with Crippen molar-refractivity contribution in [3.63, 3.8) is 0 Å². The molecule has 0 spiro atoms. The Morgan fingerprint density at radius 3 is 2.62 bits per heavy atom. The van der Waals surface area contributed by atoms with Crippen LogP contribution in [0.15, 0.2) is 91.7 Å². The molecule has 4 aromatic rings. The number of hydrogen-bond donors (Lipinski definition) is 2. The fourth-order valence-electron chi connectivity index (χ4n) is 3.98. The highest BCUT2D eigenvalue weighted by Crippen LogP contribution is 2.34. The fraction of sp³-hybridized carbons (Fsp3) is 0.103. The number of allylic oxidation sites excluding steroid dienone is 7. The van der Waals surface area contributed by atoms with Gasteiger partial charge in [0.1, 0.15) is 11.5 Å². The van der Waals surface area contributed by atoms with Gasteiger partial charge < -0.3 is 4.98 Å². The lowest BCUT2D eigenvalue weighted by Crippen LogP contribution is -1.92. The van der Waals surface area contributed by atoms with Crippen molar-refractivity contribution >= 4 is 22.0 Å². The normalized spacial score (nSPS) is 12.9. The molecule has 0 aliphatic rings. The van der Waals surface area contributed by atoms with Gasteiger partial charge in [-0.15, -0.1) is 0 Å². The summed E-state index contributed by atoms with van der Waals surface area (Å²) in [5, 5.41) is 8.58. The maximum absolute atomic E-state index is 14.6. The van der Waals surface area contributed by atoms with E-state index in [2.05, 4.69) is 39.4 Å². The van der Waals surface area contributed by atoms with Gasteiger partial charge in [0.05, 0.1) is 23.1 Å². The predicted octanol–water partition coefficient (Wildman–Crippen LogP) is 7.55. The van der Waals surface area contributed by atoms with Gasteiger partial charge in [0.25, 0.3) is 0 Å². The monoisotopic (exact) mass is 450 g/mol. The van der Waals surface area contributed by atoms with Crippen LogP contribution in [0, 0.1) is 12.7 Å². The molecule has 4 rings (SSSR count). The third kappa shape index (κ3) is 4.33. The summed E-state index contributed by atoms with van der Waals surface area (Å²) in [5.41, 5.74) is 8.45. The number of aromatic amines is 2. The molecule has 0 aliphatic heterocycles. The Labute approximate surface area is 199 Å². The largest absolute Gasteiger partial charge is 0.357 e. The molecule has 0 fully saturated rings. The summed E-state index contributed by atoms with van der Waals surface area (Å²) >= 11 is 0. The maximum atomic E-state index is 14.6. The van der Waals surface area contributed by atoms with Crippen LogP contribution in [-0.4, -0.2) is 20.2 Å². The Morgan fingerprint density at radius 2 is 1.91 bits per heavy atom. The van der Waals surface area contributed by atoms with E-state index in [1.807, 2.05) is 57.2 Å². The Morgan fingerprint density at radius 1 is 1.12 bits per heavy atom. The molecule has 0 unspecified atom stereocenters. The van der Waals surface area contributed by atoms with Crippen LogP contribution in [0.1, 0.15) is 36.4 Å². The average Bonchev–Trinajstić information content (AvgIpc) is 3.44. The van der Waals surface area contributed by atoms with Crippen molar-refractivity contribution in [1.29, 1.82) is 0 Å². The third-order valence-corrected chi connectivity index (χ3v) is 5.77. The molecule has 0 saturated carbocycles. The molecule has 3 aromatic heterocycles. The number of pyridine rings is 1. The van der Waals surface area contributed by atoms with E-state index in [0.717, 1.165) is 56.0 Å². The first-order valence-electron chi connectivity index (χ1n) is 11.1. The second-order valence-electron chi connectivity index (χ2n) is 8.04. The summed E-state index contributed by atoms with van der Waals surface area (Å²) in [5.74, 6) is -0.277. The molecule has 5 heteroatoms. The second kappa shape index (κ2) is 9.71. The summed E-state index contributed by atoms with van der Waals surface area (Å²) in [7, 11) is 0. The Bertz CT molecular complexity index is 1480. The van der Waals surface area contributed by atoms with Crippen LogP contribution in [0.3, 0.4) is 0 Å². The number of hydrogen-bond acceptors (Lipinski definition) is 2. The lowest BCUT2D eigenvalue weighted by Gasteiger charge is -2.08. The Hall–Kier alpha value is -4.25. The van der Waals surface area contributed by atoms with Crippen molar-refractivity contribution in [2.24, 2.45) is 0 Å². The number of rotatable bonds is 7. The zero-order valence-corrected chi connectivity index (χ0v) is 19.6. The summed E-state index contributed by atoms with van der Waals surface area (Å²) < 4.78 is 14.6. The molecule has 4 nitrogen and oxygen atoms in total. The average molecular weight is 451 g/mol. The highest BCUT2D eigenvalue weighted by Gasteiger charge is 2.18. The van der Waals surface area contributed by atoms with Crippen molar-refractivity contribution < 1.29 is 4.39 Å². The standard InChI is InChI=1S/C29H27FN4/c1-6-11-21(22-12-9-10-13-25(22)30)23-15-27(32-19(23)5)29-24-16-26(31-17-28(24)33-34-29)20(8-3)14-18(4)7-2/h6-17,32H,1-2H2,3-5H3,(H,33,34)/b18-14-,20-8+,21-11-. The molecule has 3 heterocycles. The van der Waals surface area contributed by atoms with E-state index in [4.69, 9.17) is 0 Å². The van der Waals surface area contributed by atoms with E-state index in [-0.39, 0.29) is 5.82 Å². The van der Waals surface area contributed by atoms with E-state index in [0.29, 0.717) is 5.56 Å². The number of benzene rings is 1. The number of fused-ring (bicyclic) bond motifs is 1. The van der Waals surface area contributed by atoms with Crippen LogP contribution in [0.5, 0.6) is 0 Å². The van der Waals surface area contributed by atoms with Gasteiger partial charge >= 0.3 is 0 Å². The number of nitrogens with one attached hydrogen (secondary N) is 2. The molecule has 1 aromatic carbocycles. The molecule has 0 radical (unpaired) electrons. The number of aryl methyl sites for hydroxylation is 1. The summed E-state index contributed by atoms with van der Waals surface area (Å²) in [6.45, 7) is 13.6. The summed E-state index contributed by atoms with van der Waals surface area (Å²) in [6, 6.07) is 10.8. The molecule has 0 amide bonds. The van der Waals surface area contributed by atoms with Gasteiger partial charge in [-0.1, -0.05) is 67.3 Å². The van der Waals surface area contributed by atoms with Crippen molar-refractivity contribution in [2.75, 3.05) is 0 Å². The number of aromatic nitrogens is 4. The van der Waals surface area contributed by atoms with Crippen LogP contribution in [0.4, 0.5) is 4.39 Å². The van der Waals surface area contributed by atoms with Gasteiger partial charge in [-0.25, -0.2) is 4.39 Å². The Kier molecular flexibility index (Phi) is 6.55. The lowest BCUT2D eigenvalue weighted by molar-refractivity contribution is 0.624. The second-order valence-corrected chi connectivity index (χ2v) is 8.04. The highest BCUT2D eigenvalue weighted by molar-refractivity contribution is 5.95. The molecule has 34 heavy (non-hydrogen) atoms. The topological polar surface area (TPSA) is 57.4 Å². The van der Waals surface area contributed by atoms with Crippen molar-refractivity contribution in [3.05, 3.63) is 120 Å². The SMILES string of the molecule is C=C/C=C(/c1ccccc1F)c1cc(-c2n[nH]c3cnc(C(/C=C(/C)C=C)=C/C)cc23)[nH]c1C. The van der Waals surface area contributed by atoms with Gasteiger partial charge in [0.15, 0.2) is 0 Å². The van der Waals surface area contributed by atoms with Crippen LogP contribution < -0.4 is 0 Å². The molecule has 0 aliphatic carbocycles. The maximum Gasteiger partial charge on any atom is 0.131 e. The third-order valence-electron chi connectivity index (χ3n) is 5.77. The molecule has 0 atom stereocenters. The van der Waals surface area contributed by atoms with Crippen LogP contribution in [-0.2, 0) is 0 Å². The van der Waals surface area contributed by atoms with Crippen molar-refractivity contribution in [1.82, 2.24) is 20.2 Å². The zero-order chi connectivity index (χ0) is 24.2. The minimum Gasteiger partial charge on any atom is -0.357 e. The molecular formula is C29H27FN4. The summed E-state index contributed by atoms with van der Waals surface area (Å²) in [4.78, 5) is 8.04. The first-order valence-corrected chi connectivity index (χ1v) is 11.1. The molecule has 2 N–H and O–H groups in total. The fourth-order valence-corrected chi connectivity index (χ4v) is 3.98. The minimum atomic E-state index is -0.277. The van der Waals surface area contributed by atoms with Crippen LogP contribution in [0.2, 0.25) is 0 Å². The van der Waals surface area contributed by atoms with E-state index < -0.39 is 0 Å². The first kappa shape index (κ1) is 22.9. The van der Waals surface area contributed by atoms with E-state index in [1.165, 1.54) is 6.07 Å². The van der Waals surface area contributed by atoms with Crippen molar-refractivity contribution in [2.45, 2.75) is 20.8 Å².